The number of Topliss-reactive ketones (excluding diaryl/α,β-unsaturated/α-hetero) is 1. The molecule has 1 unspecified atom stereocenters. The van der Waals surface area contributed by atoms with Gasteiger partial charge in [0.15, 0.2) is 0 Å². The average Bonchev–Trinajstić information content (AvgIpc) is 3.00. The van der Waals surface area contributed by atoms with Crippen molar-refractivity contribution in [2.24, 2.45) is 5.92 Å². The summed E-state index contributed by atoms with van der Waals surface area (Å²) in [7, 11) is 0. The first-order chi connectivity index (χ1) is 20.8. The lowest BCUT2D eigenvalue weighted by atomic mass is 9.96. The fraction of sp³-hybridized carbons (Fsp3) is 0.550. The van der Waals surface area contributed by atoms with E-state index >= 15 is 0 Å². The maximum absolute atomic E-state index is 12.4. The zero-order valence-electron chi connectivity index (χ0n) is 27.1. The van der Waals surface area contributed by atoms with Crippen molar-refractivity contribution in [1.82, 2.24) is 0 Å². The van der Waals surface area contributed by atoms with Gasteiger partial charge in [-0.05, 0) is 89.9 Å². The zero-order valence-corrected chi connectivity index (χ0v) is 27.1. The summed E-state index contributed by atoms with van der Waals surface area (Å²) in [6.45, 7) is 4.47. The van der Waals surface area contributed by atoms with Gasteiger partial charge in [0.05, 0.1) is 5.92 Å². The van der Waals surface area contributed by atoms with Crippen LogP contribution in [0.1, 0.15) is 136 Å². The number of ketones is 1. The molecule has 0 spiro atoms. The predicted octanol–water partition coefficient (Wildman–Crippen LogP) is 12.3. The highest BCUT2D eigenvalue weighted by Crippen LogP contribution is 2.12. The second kappa shape index (κ2) is 34.5. The second-order valence-electron chi connectivity index (χ2n) is 10.9. The van der Waals surface area contributed by atoms with Crippen molar-refractivity contribution >= 4 is 12.1 Å². The quantitative estimate of drug-likeness (QED) is 0.0385. The summed E-state index contributed by atoms with van der Waals surface area (Å²) in [5.74, 6) is -0.385. The molecule has 0 aliphatic carbocycles. The Kier molecular flexibility index (Phi) is 32.2. The van der Waals surface area contributed by atoms with Crippen molar-refractivity contribution in [2.45, 2.75) is 136 Å². The molecule has 0 aromatic carbocycles. The van der Waals surface area contributed by atoms with Crippen LogP contribution in [0.25, 0.3) is 0 Å². The Morgan fingerprint density at radius 2 is 0.786 bits per heavy atom. The molecule has 0 rings (SSSR count). The molecule has 42 heavy (non-hydrogen) atoms. The van der Waals surface area contributed by atoms with Gasteiger partial charge in [-0.25, -0.2) is 0 Å². The monoisotopic (exact) mass is 574 g/mol. The van der Waals surface area contributed by atoms with Gasteiger partial charge >= 0.3 is 0 Å². The fourth-order valence-corrected chi connectivity index (χ4v) is 4.28. The highest BCUT2D eigenvalue weighted by atomic mass is 16.1. The Balaban J connectivity index is 3.81. The van der Waals surface area contributed by atoms with Gasteiger partial charge in [-0.3, -0.25) is 4.79 Å². The van der Waals surface area contributed by atoms with Crippen molar-refractivity contribution in [3.63, 3.8) is 0 Å². The summed E-state index contributed by atoms with van der Waals surface area (Å²) >= 11 is 0. The first-order valence-electron chi connectivity index (χ1n) is 16.9. The summed E-state index contributed by atoms with van der Waals surface area (Å²) in [6.07, 6.45) is 55.6. The smallest absolute Gasteiger partial charge is 0.143 e. The molecular weight excluding hydrogens is 512 g/mol. The molecule has 0 aliphatic heterocycles. The largest absolute Gasteiger partial charge is 0.303 e. The molecule has 2 nitrogen and oxygen atoms in total. The van der Waals surface area contributed by atoms with Crippen LogP contribution in [-0.2, 0) is 9.59 Å². The number of allylic oxidation sites excluding steroid dienone is 16. The first kappa shape index (κ1) is 39.3. The van der Waals surface area contributed by atoms with Gasteiger partial charge in [0.2, 0.25) is 0 Å². The molecule has 2 heteroatoms. The molecule has 0 aromatic rings. The van der Waals surface area contributed by atoms with Gasteiger partial charge in [-0.15, -0.1) is 0 Å². The molecule has 0 aromatic heterocycles. The van der Waals surface area contributed by atoms with Crippen LogP contribution >= 0.6 is 0 Å². The van der Waals surface area contributed by atoms with Gasteiger partial charge in [0.25, 0.3) is 0 Å². The normalized spacial score (nSPS) is 13.7. The molecule has 0 N–H and O–H groups in total. The van der Waals surface area contributed by atoms with Crippen molar-refractivity contribution in [2.75, 3.05) is 0 Å². The van der Waals surface area contributed by atoms with Crippen LogP contribution in [0.5, 0.6) is 0 Å². The highest BCUT2D eigenvalue weighted by molar-refractivity contribution is 5.93. The molecule has 0 bridgehead atoms. The number of hydrogen-bond acceptors (Lipinski definition) is 2. The van der Waals surface area contributed by atoms with E-state index in [0.717, 1.165) is 64.1 Å². The topological polar surface area (TPSA) is 34.1 Å². The number of carbonyl (C=O) groups excluding carboxylic acids is 2. The van der Waals surface area contributed by atoms with E-state index in [4.69, 9.17) is 0 Å². The van der Waals surface area contributed by atoms with Crippen LogP contribution in [-0.4, -0.2) is 12.1 Å². The predicted molar refractivity (Wildman–Crippen MR) is 187 cm³/mol. The number of carbonyl (C=O) groups is 2. The molecule has 0 radical (unpaired) electrons. The lowest BCUT2D eigenvalue weighted by molar-refractivity contribution is -0.127. The van der Waals surface area contributed by atoms with Gasteiger partial charge < -0.3 is 4.79 Å². The molecule has 0 aliphatic rings. The Hall–Kier alpha value is -2.74. The minimum Gasteiger partial charge on any atom is -0.303 e. The number of aldehydes is 1. The van der Waals surface area contributed by atoms with Crippen molar-refractivity contribution < 1.29 is 9.59 Å². The second-order valence-corrected chi connectivity index (χ2v) is 10.9. The van der Waals surface area contributed by atoms with E-state index in [1.165, 1.54) is 51.4 Å². The van der Waals surface area contributed by atoms with Gasteiger partial charge in [0.1, 0.15) is 12.1 Å². The van der Waals surface area contributed by atoms with Gasteiger partial charge in [0, 0.05) is 6.42 Å². The van der Waals surface area contributed by atoms with Crippen molar-refractivity contribution in [3.05, 3.63) is 97.2 Å². The first-order valence-corrected chi connectivity index (χ1v) is 16.9. The van der Waals surface area contributed by atoms with E-state index in [0.29, 0.717) is 12.8 Å². The minimum atomic E-state index is -0.465. The molecule has 1 atom stereocenters. The number of rotatable bonds is 29. The molecular formula is C40H62O2. The molecule has 0 heterocycles. The van der Waals surface area contributed by atoms with Gasteiger partial charge in [-0.2, -0.15) is 0 Å². The summed E-state index contributed by atoms with van der Waals surface area (Å²) in [6, 6.07) is 0. The molecule has 0 amide bonds. The summed E-state index contributed by atoms with van der Waals surface area (Å²) in [5, 5.41) is 0. The molecule has 0 fully saturated rings. The van der Waals surface area contributed by atoms with Crippen LogP contribution in [0.3, 0.4) is 0 Å². The summed E-state index contributed by atoms with van der Waals surface area (Å²) in [4.78, 5) is 23.8. The molecule has 0 saturated heterocycles. The maximum atomic E-state index is 12.4. The van der Waals surface area contributed by atoms with E-state index in [1.807, 2.05) is 0 Å². The standard InChI is InChI=1S/C40H62O2/c1-3-5-7-9-11-13-15-17-19-21-23-25-27-29-31-33-35-37-40(42)39(38-41)36-34-32-30-28-26-24-22-20-18-16-14-12-10-8-6-4-2/h11-14,17-20,23-26,29-32,38-39H,3-10,15-16,21-22,27-28,33-37H2,1-2H3/b13-11?,14-12-,19-17?,20-18-,25-23?,26-24-,31-29?,32-30-. The van der Waals surface area contributed by atoms with E-state index in [2.05, 4.69) is 111 Å². The minimum absolute atomic E-state index is 0.0803. The van der Waals surface area contributed by atoms with E-state index < -0.39 is 5.92 Å². The van der Waals surface area contributed by atoms with Crippen molar-refractivity contribution in [3.8, 4) is 0 Å². The molecule has 0 saturated carbocycles. The third-order valence-electron chi connectivity index (χ3n) is 6.93. The summed E-state index contributed by atoms with van der Waals surface area (Å²) in [5.41, 5.74) is 0. The van der Waals surface area contributed by atoms with Crippen LogP contribution in [0.2, 0.25) is 0 Å². The third kappa shape index (κ3) is 30.2. The van der Waals surface area contributed by atoms with Crippen LogP contribution < -0.4 is 0 Å². The lowest BCUT2D eigenvalue weighted by Gasteiger charge is -2.07. The number of unbranched alkanes of at least 4 members (excludes halogenated alkanes) is 7. The van der Waals surface area contributed by atoms with Crippen molar-refractivity contribution in [1.29, 1.82) is 0 Å². The summed E-state index contributed by atoms with van der Waals surface area (Å²) < 4.78 is 0. The fourth-order valence-electron chi connectivity index (χ4n) is 4.28. The van der Waals surface area contributed by atoms with Crippen LogP contribution in [0.4, 0.5) is 0 Å². The third-order valence-corrected chi connectivity index (χ3v) is 6.93. The van der Waals surface area contributed by atoms with E-state index in [-0.39, 0.29) is 5.78 Å². The molecule has 234 valence electrons. The zero-order chi connectivity index (χ0) is 30.6. The number of hydrogen-bond donors (Lipinski definition) is 0. The average molecular weight is 575 g/mol. The SMILES string of the molecule is CCCCCC=CCC=CCC=CCC=CCCCC(=O)C(C=O)CC/C=C\C/C=C\C/C=C\C/C=C\CCCCC. The Morgan fingerprint density at radius 1 is 0.452 bits per heavy atom. The van der Waals surface area contributed by atoms with Crippen LogP contribution in [0, 0.1) is 5.92 Å². The van der Waals surface area contributed by atoms with E-state index in [1.54, 1.807) is 0 Å². The lowest BCUT2D eigenvalue weighted by Crippen LogP contribution is -2.15. The van der Waals surface area contributed by atoms with Gasteiger partial charge in [-0.1, -0.05) is 137 Å². The highest BCUT2D eigenvalue weighted by Gasteiger charge is 2.15. The Labute approximate surface area is 260 Å². The van der Waals surface area contributed by atoms with Crippen LogP contribution in [0.15, 0.2) is 97.2 Å². The Morgan fingerprint density at radius 3 is 1.14 bits per heavy atom. The maximum Gasteiger partial charge on any atom is 0.143 e. The Bertz CT molecular complexity index is 847. The van der Waals surface area contributed by atoms with E-state index in [9.17, 15) is 9.59 Å².